The first-order valence-electron chi connectivity index (χ1n) is 16.4. The molecule has 0 fully saturated rings. The van der Waals surface area contributed by atoms with Crippen LogP contribution < -0.4 is 16.8 Å². The lowest BCUT2D eigenvalue weighted by molar-refractivity contribution is 1.01. The van der Waals surface area contributed by atoms with Crippen molar-refractivity contribution in [2.24, 2.45) is 5.73 Å². The molecule has 0 heterocycles. The van der Waals surface area contributed by atoms with Crippen molar-refractivity contribution in [2.45, 2.75) is 27.7 Å². The number of rotatable bonds is 8. The molecular weight excluding hydrogens is 609 g/mol. The van der Waals surface area contributed by atoms with E-state index in [4.69, 9.17) is 16.9 Å². The maximum atomic E-state index is 5.92. The van der Waals surface area contributed by atoms with E-state index in [1.54, 1.807) is 12.2 Å². The molecule has 0 spiro atoms. The second-order valence-electron chi connectivity index (χ2n) is 11.2. The Morgan fingerprint density at radius 2 is 1.06 bits per heavy atom. The molecule has 0 bridgehead atoms. The number of nitrogens with two attached hydrogens (primary N) is 2. The Balaban J connectivity index is 0.000000357. The molecule has 5 rings (SSSR count). The second kappa shape index (κ2) is 25.0. The number of hydrogen-bond donors (Lipinski definition) is 4. The molecule has 0 aliphatic rings. The predicted octanol–water partition coefficient (Wildman–Crippen LogP) is 11.4. The van der Waals surface area contributed by atoms with Crippen LogP contribution in [-0.2, 0) is 0 Å². The third-order valence-electron chi connectivity index (χ3n) is 7.05. The minimum absolute atomic E-state index is 0.702. The average molecular weight is 663 g/mol. The number of nitrogen functional groups attached to an aromatic ring is 1. The van der Waals surface area contributed by atoms with Gasteiger partial charge in [0.1, 0.15) is 0 Å². The van der Waals surface area contributed by atoms with Gasteiger partial charge in [0.25, 0.3) is 0 Å². The highest BCUT2D eigenvalue weighted by Gasteiger charge is 2.09. The smallest absolute Gasteiger partial charge is 0.0349 e. The molecule has 0 atom stereocenters. The van der Waals surface area contributed by atoms with Gasteiger partial charge in [-0.1, -0.05) is 182 Å². The van der Waals surface area contributed by atoms with Crippen molar-refractivity contribution in [2.75, 3.05) is 12.3 Å². The number of nitrogens with one attached hydrogen (secondary N) is 2. The van der Waals surface area contributed by atoms with Gasteiger partial charge in [-0.15, -0.1) is 0 Å². The van der Waals surface area contributed by atoms with Crippen molar-refractivity contribution in [3.63, 3.8) is 0 Å². The maximum Gasteiger partial charge on any atom is 0.0349 e. The predicted molar refractivity (Wildman–Crippen MR) is 223 cm³/mol. The number of aryl methyl sites for hydroxylation is 3. The van der Waals surface area contributed by atoms with Gasteiger partial charge in [-0.05, 0) is 63.2 Å². The minimum atomic E-state index is 0.702. The summed E-state index contributed by atoms with van der Waals surface area (Å²) in [6.07, 6.45) is 7.40. The number of benzene rings is 5. The first-order valence-corrected chi connectivity index (χ1v) is 16.4. The lowest BCUT2D eigenvalue weighted by Crippen LogP contribution is -2.12. The molecule has 50 heavy (non-hydrogen) atoms. The number of para-hydroxylation sites is 1. The normalized spacial score (nSPS) is 10.1. The lowest BCUT2D eigenvalue weighted by Gasteiger charge is -2.14. The van der Waals surface area contributed by atoms with Gasteiger partial charge < -0.3 is 22.2 Å². The van der Waals surface area contributed by atoms with Gasteiger partial charge in [-0.2, -0.15) is 0 Å². The summed E-state index contributed by atoms with van der Waals surface area (Å²) in [4.78, 5) is 0. The van der Waals surface area contributed by atoms with Crippen molar-refractivity contribution in [3.8, 4) is 11.1 Å². The van der Waals surface area contributed by atoms with Crippen molar-refractivity contribution in [1.29, 1.82) is 5.41 Å². The summed E-state index contributed by atoms with van der Waals surface area (Å²) >= 11 is 0. The van der Waals surface area contributed by atoms with Gasteiger partial charge in [0, 0.05) is 34.8 Å². The number of anilines is 1. The Morgan fingerprint density at radius 3 is 1.42 bits per heavy atom. The highest BCUT2D eigenvalue weighted by Crippen LogP contribution is 2.25. The lowest BCUT2D eigenvalue weighted by atomic mass is 9.96. The van der Waals surface area contributed by atoms with E-state index in [0.717, 1.165) is 33.8 Å². The zero-order chi connectivity index (χ0) is 37.1. The van der Waals surface area contributed by atoms with Crippen molar-refractivity contribution < 1.29 is 0 Å². The average Bonchev–Trinajstić information content (AvgIpc) is 3.13. The summed E-state index contributed by atoms with van der Waals surface area (Å²) in [6.45, 7) is 22.9. The molecular formula is C46H54N4. The fourth-order valence-corrected chi connectivity index (χ4v) is 4.39. The molecule has 4 nitrogen and oxygen atoms in total. The molecule has 0 saturated carbocycles. The van der Waals surface area contributed by atoms with E-state index in [9.17, 15) is 0 Å². The second-order valence-corrected chi connectivity index (χ2v) is 11.2. The van der Waals surface area contributed by atoms with Crippen LogP contribution in [0.4, 0.5) is 5.69 Å². The highest BCUT2D eigenvalue weighted by atomic mass is 14.9. The monoisotopic (exact) mass is 662 g/mol. The third kappa shape index (κ3) is 16.6. The minimum Gasteiger partial charge on any atom is -0.402 e. The fraction of sp³-hybridized carbons (Fsp3) is 0.109. The van der Waals surface area contributed by atoms with Crippen LogP contribution in [-0.4, -0.2) is 13.3 Å². The van der Waals surface area contributed by atoms with Gasteiger partial charge in [-0.3, -0.25) is 0 Å². The van der Waals surface area contributed by atoms with Crippen molar-refractivity contribution in [3.05, 3.63) is 211 Å². The SMILES string of the molecule is C=C/C=C\CNC(=C)c1ccccc1/C(C=C)=C(/C)N.C=N.Cc1ccc(-c2ccc(C)cc2)cc1.Cc1ccccc1.Nc1ccccc1. The van der Waals surface area contributed by atoms with E-state index in [-0.39, 0.29) is 0 Å². The highest BCUT2D eigenvalue weighted by molar-refractivity contribution is 5.83. The summed E-state index contributed by atoms with van der Waals surface area (Å²) in [5, 5.41) is 8.77. The summed E-state index contributed by atoms with van der Waals surface area (Å²) in [5.41, 5.74) is 23.2. The quantitative estimate of drug-likeness (QED) is 0.0757. The van der Waals surface area contributed by atoms with E-state index in [1.165, 1.54) is 27.8 Å². The van der Waals surface area contributed by atoms with Gasteiger partial charge in [-0.25, -0.2) is 0 Å². The fourth-order valence-electron chi connectivity index (χ4n) is 4.39. The van der Waals surface area contributed by atoms with Crippen LogP contribution in [0.1, 0.15) is 34.7 Å². The first-order chi connectivity index (χ1) is 24.2. The Labute approximate surface area is 301 Å². The summed E-state index contributed by atoms with van der Waals surface area (Å²) in [7, 11) is 0. The Hall–Kier alpha value is -6.13. The molecule has 0 aliphatic carbocycles. The molecule has 0 saturated heterocycles. The van der Waals surface area contributed by atoms with E-state index in [1.807, 2.05) is 91.9 Å². The molecule has 0 aliphatic heterocycles. The molecule has 0 aromatic heterocycles. The molecule has 4 heteroatoms. The Bertz CT molecular complexity index is 1660. The molecule has 258 valence electrons. The van der Waals surface area contributed by atoms with E-state index >= 15 is 0 Å². The summed E-state index contributed by atoms with van der Waals surface area (Å²) in [6, 6.07) is 45.0. The largest absolute Gasteiger partial charge is 0.402 e. The Morgan fingerprint density at radius 1 is 0.640 bits per heavy atom. The van der Waals surface area contributed by atoms with Crippen LogP contribution in [0, 0.1) is 26.2 Å². The van der Waals surface area contributed by atoms with Crippen LogP contribution in [0.3, 0.4) is 0 Å². The standard InChI is InChI=1S/C18H22N2.C14H14.C7H8.C6H7N.CH3N/c1-5-7-10-13-20-15(4)17-11-8-9-12-18(17)16(6-2)14(3)19;1-11-3-7-13(8-4-11)14-9-5-12(2)6-10-14;1-7-5-3-2-4-6-7;7-6-4-2-1-3-5-6;1-2/h5-12,20H,1-2,4,13,19H2,3H3;3-10H,1-2H3;2-6H,1H3;1-5H,7H2;2H,1H2/b10-7-,16-14-;;;;. The zero-order valence-electron chi connectivity index (χ0n) is 30.2. The third-order valence-corrected chi connectivity index (χ3v) is 7.05. The molecule has 5 aromatic carbocycles. The molecule has 5 aromatic rings. The molecule has 6 N–H and O–H groups in total. The van der Waals surface area contributed by atoms with Crippen LogP contribution in [0.5, 0.6) is 0 Å². The van der Waals surface area contributed by atoms with E-state index < -0.39 is 0 Å². The number of hydrogen-bond acceptors (Lipinski definition) is 4. The van der Waals surface area contributed by atoms with Crippen molar-refractivity contribution in [1.82, 2.24) is 5.32 Å². The molecule has 0 amide bonds. The van der Waals surface area contributed by atoms with E-state index in [0.29, 0.717) is 6.54 Å². The molecule has 0 radical (unpaired) electrons. The van der Waals surface area contributed by atoms with Crippen LogP contribution in [0.2, 0.25) is 0 Å². The number of allylic oxidation sites excluding steroid dienone is 5. The van der Waals surface area contributed by atoms with Gasteiger partial charge in [0.05, 0.1) is 0 Å². The van der Waals surface area contributed by atoms with Crippen LogP contribution >= 0.6 is 0 Å². The van der Waals surface area contributed by atoms with Crippen LogP contribution in [0.15, 0.2) is 183 Å². The van der Waals surface area contributed by atoms with Crippen molar-refractivity contribution >= 4 is 23.7 Å². The van der Waals surface area contributed by atoms with E-state index in [2.05, 4.69) is 113 Å². The van der Waals surface area contributed by atoms with Gasteiger partial charge in [0.15, 0.2) is 0 Å². The summed E-state index contributed by atoms with van der Waals surface area (Å²) < 4.78 is 0. The van der Waals surface area contributed by atoms with Gasteiger partial charge >= 0.3 is 0 Å². The van der Waals surface area contributed by atoms with Gasteiger partial charge in [0.2, 0.25) is 0 Å². The first kappa shape index (κ1) is 41.9. The topological polar surface area (TPSA) is 87.9 Å². The molecule has 0 unspecified atom stereocenters. The van der Waals surface area contributed by atoms with Crippen LogP contribution in [0.25, 0.3) is 22.4 Å². The summed E-state index contributed by atoms with van der Waals surface area (Å²) in [5.74, 6) is 0. The zero-order valence-corrected chi connectivity index (χ0v) is 30.2. The Kier molecular flexibility index (Phi) is 20.9. The maximum absolute atomic E-state index is 5.92.